The van der Waals surface area contributed by atoms with E-state index < -0.39 is 0 Å². The molecular weight excluding hydrogens is 280 g/mol. The maximum atomic E-state index is 12.7. The lowest BCUT2D eigenvalue weighted by Gasteiger charge is -2.36. The van der Waals surface area contributed by atoms with Crippen molar-refractivity contribution < 1.29 is 14.3 Å². The second kappa shape index (κ2) is 6.48. The lowest BCUT2D eigenvalue weighted by atomic mass is 9.93. The smallest absolute Gasteiger partial charge is 0.248 e. The quantitative estimate of drug-likeness (QED) is 0.842. The molecule has 1 aromatic rings. The van der Waals surface area contributed by atoms with E-state index in [0.717, 1.165) is 18.4 Å². The van der Waals surface area contributed by atoms with Crippen LogP contribution in [-0.4, -0.2) is 54.5 Å². The molecule has 118 valence electrons. The number of piperidine rings is 1. The van der Waals surface area contributed by atoms with Gasteiger partial charge >= 0.3 is 0 Å². The fraction of sp³-hybridized carbons (Fsp3) is 0.529. The first-order valence-corrected chi connectivity index (χ1v) is 7.80. The van der Waals surface area contributed by atoms with Gasteiger partial charge in [-0.25, -0.2) is 0 Å². The highest BCUT2D eigenvalue weighted by Crippen LogP contribution is 2.30. The standard InChI is InChI=1S/C17H22N2O3/c1-22-12-16(20)18-10-14-7-8-15(11-18)19(17(14)21)9-13-5-3-2-4-6-13/h2-6,14-15H,7-12H2,1H3/t14-,15+/m1/s1. The van der Waals surface area contributed by atoms with Gasteiger partial charge in [-0.1, -0.05) is 30.3 Å². The monoisotopic (exact) mass is 302 g/mol. The number of methoxy groups -OCH3 is 1. The number of rotatable bonds is 4. The SMILES string of the molecule is COCC(=O)N1C[C@H]2CC[C@@H](C1)N(Cc1ccccc1)C2=O. The summed E-state index contributed by atoms with van der Waals surface area (Å²) >= 11 is 0. The van der Waals surface area contributed by atoms with Crippen LogP contribution in [0.3, 0.4) is 0 Å². The topological polar surface area (TPSA) is 49.9 Å². The Balaban J connectivity index is 1.76. The number of fused-ring (bicyclic) bond motifs is 4. The molecule has 0 radical (unpaired) electrons. The van der Waals surface area contributed by atoms with Gasteiger partial charge in [0.05, 0.1) is 5.92 Å². The number of nitrogens with zero attached hydrogens (tertiary/aromatic N) is 2. The van der Waals surface area contributed by atoms with Crippen molar-refractivity contribution in [1.29, 1.82) is 0 Å². The number of amides is 2. The third-order valence-electron chi connectivity index (χ3n) is 4.61. The summed E-state index contributed by atoms with van der Waals surface area (Å²) in [5.74, 6) is 0.102. The lowest BCUT2D eigenvalue weighted by Crippen LogP contribution is -2.47. The molecule has 1 aromatic carbocycles. The molecule has 3 fully saturated rings. The van der Waals surface area contributed by atoms with Crippen molar-refractivity contribution in [3.63, 3.8) is 0 Å². The molecule has 0 saturated carbocycles. The molecule has 4 rings (SSSR count). The van der Waals surface area contributed by atoms with E-state index in [1.807, 2.05) is 35.2 Å². The normalized spacial score (nSPS) is 24.5. The van der Waals surface area contributed by atoms with Crippen molar-refractivity contribution in [2.24, 2.45) is 5.92 Å². The Labute approximate surface area is 130 Å². The van der Waals surface area contributed by atoms with Gasteiger partial charge in [-0.15, -0.1) is 0 Å². The van der Waals surface area contributed by atoms with Crippen molar-refractivity contribution in [1.82, 2.24) is 9.80 Å². The summed E-state index contributed by atoms with van der Waals surface area (Å²) in [7, 11) is 1.52. The zero-order valence-electron chi connectivity index (χ0n) is 12.9. The fourth-order valence-electron chi connectivity index (χ4n) is 3.45. The van der Waals surface area contributed by atoms with E-state index in [-0.39, 0.29) is 30.4 Å². The van der Waals surface area contributed by atoms with Gasteiger partial charge in [-0.3, -0.25) is 9.59 Å². The predicted octanol–water partition coefficient (Wildman–Crippen LogP) is 1.28. The van der Waals surface area contributed by atoms with Gasteiger partial charge < -0.3 is 14.5 Å². The summed E-state index contributed by atoms with van der Waals surface area (Å²) in [5.41, 5.74) is 1.14. The third kappa shape index (κ3) is 2.99. The number of hydrogen-bond donors (Lipinski definition) is 0. The van der Waals surface area contributed by atoms with Crippen LogP contribution in [0.5, 0.6) is 0 Å². The third-order valence-corrected chi connectivity index (χ3v) is 4.61. The van der Waals surface area contributed by atoms with E-state index in [4.69, 9.17) is 4.74 Å². The molecule has 22 heavy (non-hydrogen) atoms. The molecule has 0 aromatic heterocycles. The van der Waals surface area contributed by atoms with Crippen molar-refractivity contribution >= 4 is 11.8 Å². The first kappa shape index (κ1) is 15.0. The van der Waals surface area contributed by atoms with Crippen molar-refractivity contribution in [2.45, 2.75) is 25.4 Å². The largest absolute Gasteiger partial charge is 0.375 e. The minimum absolute atomic E-state index is 0.0197. The van der Waals surface area contributed by atoms with Crippen LogP contribution < -0.4 is 0 Å². The first-order valence-electron chi connectivity index (χ1n) is 7.80. The van der Waals surface area contributed by atoms with Gasteiger partial charge in [0.15, 0.2) is 0 Å². The molecule has 0 aliphatic carbocycles. The summed E-state index contributed by atoms with van der Waals surface area (Å²) in [6, 6.07) is 10.2. The van der Waals surface area contributed by atoms with Crippen LogP contribution in [0.25, 0.3) is 0 Å². The summed E-state index contributed by atoms with van der Waals surface area (Å²) in [4.78, 5) is 28.6. The zero-order chi connectivity index (χ0) is 15.5. The highest BCUT2D eigenvalue weighted by molar-refractivity contribution is 5.83. The van der Waals surface area contributed by atoms with E-state index >= 15 is 0 Å². The Hall–Kier alpha value is -1.88. The average Bonchev–Trinajstić information content (AvgIpc) is 2.82. The predicted molar refractivity (Wildman–Crippen MR) is 82.0 cm³/mol. The second-order valence-corrected chi connectivity index (χ2v) is 6.11. The summed E-state index contributed by atoms with van der Waals surface area (Å²) < 4.78 is 4.95. The molecule has 2 amide bonds. The Kier molecular flexibility index (Phi) is 4.43. The average molecular weight is 302 g/mol. The van der Waals surface area contributed by atoms with E-state index in [9.17, 15) is 9.59 Å². The van der Waals surface area contributed by atoms with E-state index in [1.165, 1.54) is 7.11 Å². The molecule has 3 aliphatic heterocycles. The summed E-state index contributed by atoms with van der Waals surface area (Å²) in [6.07, 6.45) is 1.85. The van der Waals surface area contributed by atoms with Gasteiger partial charge in [-0.05, 0) is 18.4 Å². The van der Waals surface area contributed by atoms with E-state index in [0.29, 0.717) is 19.6 Å². The molecule has 0 N–H and O–H groups in total. The molecule has 5 nitrogen and oxygen atoms in total. The maximum absolute atomic E-state index is 12.7. The summed E-state index contributed by atoms with van der Waals surface area (Å²) in [6.45, 7) is 1.87. The maximum Gasteiger partial charge on any atom is 0.248 e. The number of ether oxygens (including phenoxy) is 1. The van der Waals surface area contributed by atoms with Crippen LogP contribution in [-0.2, 0) is 20.9 Å². The lowest BCUT2D eigenvalue weighted by molar-refractivity contribution is -0.140. The molecule has 2 bridgehead atoms. The van der Waals surface area contributed by atoms with Crippen LogP contribution in [0.4, 0.5) is 0 Å². The van der Waals surface area contributed by atoms with Crippen LogP contribution in [0, 0.1) is 5.92 Å². The molecule has 0 spiro atoms. The van der Waals surface area contributed by atoms with Crippen LogP contribution >= 0.6 is 0 Å². The van der Waals surface area contributed by atoms with Crippen molar-refractivity contribution in [2.75, 3.05) is 26.8 Å². The molecule has 5 heteroatoms. The zero-order valence-corrected chi connectivity index (χ0v) is 12.9. The van der Waals surface area contributed by atoms with Crippen molar-refractivity contribution in [3.05, 3.63) is 35.9 Å². The Morgan fingerprint density at radius 3 is 2.73 bits per heavy atom. The van der Waals surface area contributed by atoms with Gasteiger partial charge in [0.2, 0.25) is 11.8 Å². The van der Waals surface area contributed by atoms with Crippen LogP contribution in [0.2, 0.25) is 0 Å². The highest BCUT2D eigenvalue weighted by atomic mass is 16.5. The molecule has 0 unspecified atom stereocenters. The molecule has 3 aliphatic rings. The van der Waals surface area contributed by atoms with Gasteiger partial charge in [0, 0.05) is 32.8 Å². The molecule has 3 heterocycles. The van der Waals surface area contributed by atoms with E-state index in [2.05, 4.69) is 0 Å². The van der Waals surface area contributed by atoms with Gasteiger partial charge in [0.1, 0.15) is 6.61 Å². The molecule has 3 saturated heterocycles. The Bertz CT molecular complexity index is 546. The van der Waals surface area contributed by atoms with Crippen LogP contribution in [0.15, 0.2) is 30.3 Å². The molecule has 2 atom stereocenters. The minimum Gasteiger partial charge on any atom is -0.375 e. The number of carbonyl (C=O) groups is 2. The van der Waals surface area contributed by atoms with E-state index in [1.54, 1.807) is 4.90 Å². The van der Waals surface area contributed by atoms with Gasteiger partial charge in [-0.2, -0.15) is 0 Å². The van der Waals surface area contributed by atoms with Crippen molar-refractivity contribution in [3.8, 4) is 0 Å². The number of carbonyl (C=O) groups excluding carboxylic acids is 2. The Morgan fingerprint density at radius 2 is 2.00 bits per heavy atom. The molecular formula is C17H22N2O3. The summed E-state index contributed by atoms with van der Waals surface area (Å²) in [5, 5.41) is 0. The highest BCUT2D eigenvalue weighted by Gasteiger charge is 2.41. The minimum atomic E-state index is -0.0664. The fourth-order valence-corrected chi connectivity index (χ4v) is 3.45. The van der Waals surface area contributed by atoms with Crippen LogP contribution in [0.1, 0.15) is 18.4 Å². The number of hydrogen-bond acceptors (Lipinski definition) is 3. The second-order valence-electron chi connectivity index (χ2n) is 6.11. The Morgan fingerprint density at radius 1 is 1.23 bits per heavy atom. The first-order chi connectivity index (χ1) is 10.7. The number of benzene rings is 1. The van der Waals surface area contributed by atoms with Gasteiger partial charge in [0.25, 0.3) is 0 Å².